The molecule has 0 unspecified atom stereocenters. The van der Waals surface area contributed by atoms with Crippen LogP contribution in [0, 0.1) is 20.8 Å². The van der Waals surface area contributed by atoms with E-state index in [1.165, 1.54) is 16.7 Å². The number of aromatic nitrogens is 2. The molecule has 0 radical (unpaired) electrons. The van der Waals surface area contributed by atoms with Crippen molar-refractivity contribution >= 4 is 11.9 Å². The summed E-state index contributed by atoms with van der Waals surface area (Å²) in [4.78, 5) is 12.7. The highest BCUT2D eigenvalue weighted by atomic mass is 14.8. The van der Waals surface area contributed by atoms with Crippen molar-refractivity contribution in [3.05, 3.63) is 53.1 Å². The molecule has 0 atom stereocenters. The molecular weight excluding hydrogens is 210 g/mol. The predicted molar refractivity (Wildman–Crippen MR) is 69.9 cm³/mol. The quantitative estimate of drug-likeness (QED) is 0.736. The molecule has 0 amide bonds. The second kappa shape index (κ2) is 4.87. The lowest BCUT2D eigenvalue weighted by Crippen LogP contribution is -1.89. The van der Waals surface area contributed by atoms with Gasteiger partial charge in [0.05, 0.1) is 23.8 Å². The molecule has 0 aliphatic heterocycles. The number of aliphatic imine (C=N–C) groups is 1. The summed E-state index contributed by atoms with van der Waals surface area (Å²) < 4.78 is 0. The molecule has 2 rings (SSSR count). The second-order valence-electron chi connectivity index (χ2n) is 4.14. The van der Waals surface area contributed by atoms with E-state index in [9.17, 15) is 0 Å². The SMILES string of the molecule is Cc1cc(C)c(N=Cc2cnccn2)c(C)c1. The number of nitrogens with zero attached hydrogens (tertiary/aromatic N) is 3. The van der Waals surface area contributed by atoms with Gasteiger partial charge in [0.2, 0.25) is 0 Å². The fourth-order valence-electron chi connectivity index (χ4n) is 1.88. The van der Waals surface area contributed by atoms with Gasteiger partial charge in [0, 0.05) is 12.4 Å². The molecule has 0 fully saturated rings. The average molecular weight is 225 g/mol. The van der Waals surface area contributed by atoms with Gasteiger partial charge >= 0.3 is 0 Å². The van der Waals surface area contributed by atoms with Gasteiger partial charge < -0.3 is 0 Å². The second-order valence-corrected chi connectivity index (χ2v) is 4.14. The van der Waals surface area contributed by atoms with E-state index in [2.05, 4.69) is 47.9 Å². The molecule has 2 aromatic rings. The maximum atomic E-state index is 4.49. The zero-order valence-electron chi connectivity index (χ0n) is 10.3. The van der Waals surface area contributed by atoms with Gasteiger partial charge in [-0.15, -0.1) is 0 Å². The van der Waals surface area contributed by atoms with Crippen LogP contribution in [0.5, 0.6) is 0 Å². The lowest BCUT2D eigenvalue weighted by molar-refractivity contribution is 1.18. The largest absolute Gasteiger partial charge is 0.261 e. The molecule has 1 heterocycles. The Morgan fingerprint density at radius 1 is 1.06 bits per heavy atom. The van der Waals surface area contributed by atoms with Crippen LogP contribution in [0.4, 0.5) is 5.69 Å². The molecule has 3 nitrogen and oxygen atoms in total. The average Bonchev–Trinajstić information content (AvgIpc) is 2.29. The van der Waals surface area contributed by atoms with Gasteiger partial charge in [-0.3, -0.25) is 15.0 Å². The highest BCUT2D eigenvalue weighted by molar-refractivity contribution is 5.80. The van der Waals surface area contributed by atoms with Gasteiger partial charge in [-0.25, -0.2) is 0 Å². The van der Waals surface area contributed by atoms with E-state index in [4.69, 9.17) is 0 Å². The molecule has 0 N–H and O–H groups in total. The van der Waals surface area contributed by atoms with Crippen molar-refractivity contribution in [1.29, 1.82) is 0 Å². The maximum Gasteiger partial charge on any atom is 0.0995 e. The van der Waals surface area contributed by atoms with Crippen LogP contribution in [-0.2, 0) is 0 Å². The van der Waals surface area contributed by atoms with Gasteiger partial charge in [0.1, 0.15) is 0 Å². The van der Waals surface area contributed by atoms with Crippen molar-refractivity contribution in [2.45, 2.75) is 20.8 Å². The fraction of sp³-hybridized carbons (Fsp3) is 0.214. The van der Waals surface area contributed by atoms with Crippen molar-refractivity contribution in [1.82, 2.24) is 9.97 Å². The van der Waals surface area contributed by atoms with E-state index < -0.39 is 0 Å². The van der Waals surface area contributed by atoms with E-state index in [1.807, 2.05) is 0 Å². The lowest BCUT2D eigenvalue weighted by Gasteiger charge is -2.05. The first-order valence-electron chi connectivity index (χ1n) is 5.55. The minimum absolute atomic E-state index is 0.770. The van der Waals surface area contributed by atoms with Crippen molar-refractivity contribution in [3.8, 4) is 0 Å². The Balaban J connectivity index is 2.34. The Hall–Kier alpha value is -2.03. The fourth-order valence-corrected chi connectivity index (χ4v) is 1.88. The number of hydrogen-bond acceptors (Lipinski definition) is 3. The first kappa shape index (κ1) is 11.5. The maximum absolute atomic E-state index is 4.49. The first-order chi connectivity index (χ1) is 8.16. The summed E-state index contributed by atoms with van der Waals surface area (Å²) >= 11 is 0. The Bertz CT molecular complexity index is 522. The van der Waals surface area contributed by atoms with Crippen LogP contribution >= 0.6 is 0 Å². The third-order valence-electron chi connectivity index (χ3n) is 2.54. The number of rotatable bonds is 2. The van der Waals surface area contributed by atoms with E-state index in [0.717, 1.165) is 11.4 Å². The first-order valence-corrected chi connectivity index (χ1v) is 5.55. The van der Waals surface area contributed by atoms with Crippen LogP contribution in [0.2, 0.25) is 0 Å². The van der Waals surface area contributed by atoms with Crippen LogP contribution in [0.3, 0.4) is 0 Å². The summed E-state index contributed by atoms with van der Waals surface area (Å²) in [6.07, 6.45) is 6.76. The highest BCUT2D eigenvalue weighted by Gasteiger charge is 2.01. The van der Waals surface area contributed by atoms with E-state index >= 15 is 0 Å². The Morgan fingerprint density at radius 2 is 1.76 bits per heavy atom. The number of hydrogen-bond donors (Lipinski definition) is 0. The van der Waals surface area contributed by atoms with Crippen LogP contribution in [0.15, 0.2) is 35.7 Å². The minimum atomic E-state index is 0.770. The van der Waals surface area contributed by atoms with Crippen LogP contribution in [-0.4, -0.2) is 16.2 Å². The predicted octanol–water partition coefficient (Wildman–Crippen LogP) is 3.15. The molecule has 1 aromatic carbocycles. The topological polar surface area (TPSA) is 38.1 Å². The summed E-state index contributed by atoms with van der Waals surface area (Å²) in [6, 6.07) is 4.27. The molecule has 1 aromatic heterocycles. The standard InChI is InChI=1S/C14H15N3/c1-10-6-11(2)14(12(3)7-10)17-9-13-8-15-4-5-16-13/h4-9H,1-3H3. The smallest absolute Gasteiger partial charge is 0.0995 e. The van der Waals surface area contributed by atoms with Gasteiger partial charge in [-0.1, -0.05) is 17.7 Å². The Labute approximate surface area is 101 Å². The molecule has 0 aliphatic carbocycles. The van der Waals surface area contributed by atoms with Crippen molar-refractivity contribution in [2.75, 3.05) is 0 Å². The molecule has 17 heavy (non-hydrogen) atoms. The highest BCUT2D eigenvalue weighted by Crippen LogP contribution is 2.24. The summed E-state index contributed by atoms with van der Waals surface area (Å²) in [5, 5.41) is 0. The summed E-state index contributed by atoms with van der Waals surface area (Å²) in [5.41, 5.74) is 5.41. The van der Waals surface area contributed by atoms with Crippen molar-refractivity contribution < 1.29 is 0 Å². The zero-order chi connectivity index (χ0) is 12.3. The van der Waals surface area contributed by atoms with Crippen molar-refractivity contribution in [3.63, 3.8) is 0 Å². The lowest BCUT2D eigenvalue weighted by atomic mass is 10.1. The van der Waals surface area contributed by atoms with E-state index in [0.29, 0.717) is 0 Å². The Kier molecular flexibility index (Phi) is 3.28. The summed E-state index contributed by atoms with van der Waals surface area (Å²) in [7, 11) is 0. The third-order valence-corrected chi connectivity index (χ3v) is 2.54. The Morgan fingerprint density at radius 3 is 2.35 bits per heavy atom. The molecule has 0 bridgehead atoms. The summed E-state index contributed by atoms with van der Waals surface area (Å²) in [5.74, 6) is 0. The van der Waals surface area contributed by atoms with Crippen LogP contribution in [0.25, 0.3) is 0 Å². The third kappa shape index (κ3) is 2.75. The minimum Gasteiger partial charge on any atom is -0.261 e. The zero-order valence-corrected chi connectivity index (χ0v) is 10.3. The molecule has 86 valence electrons. The van der Waals surface area contributed by atoms with Gasteiger partial charge in [-0.05, 0) is 31.9 Å². The molecule has 3 heteroatoms. The summed E-state index contributed by atoms with van der Waals surface area (Å²) in [6.45, 7) is 6.24. The number of benzene rings is 1. The van der Waals surface area contributed by atoms with Crippen molar-refractivity contribution in [2.24, 2.45) is 4.99 Å². The molecule has 0 spiro atoms. The monoisotopic (exact) mass is 225 g/mol. The van der Waals surface area contributed by atoms with E-state index in [1.54, 1.807) is 24.8 Å². The normalized spacial score (nSPS) is 11.0. The molecule has 0 aliphatic rings. The van der Waals surface area contributed by atoms with E-state index in [-0.39, 0.29) is 0 Å². The van der Waals surface area contributed by atoms with Gasteiger partial charge in [0.25, 0.3) is 0 Å². The van der Waals surface area contributed by atoms with Gasteiger partial charge in [0.15, 0.2) is 0 Å². The number of aryl methyl sites for hydroxylation is 3. The molecule has 0 saturated heterocycles. The van der Waals surface area contributed by atoms with Crippen LogP contribution in [0.1, 0.15) is 22.4 Å². The van der Waals surface area contributed by atoms with Crippen LogP contribution < -0.4 is 0 Å². The molecule has 0 saturated carbocycles. The molecular formula is C14H15N3. The van der Waals surface area contributed by atoms with Gasteiger partial charge in [-0.2, -0.15) is 0 Å².